The van der Waals surface area contributed by atoms with Gasteiger partial charge in [-0.3, -0.25) is 4.90 Å². The number of benzene rings is 1. The van der Waals surface area contributed by atoms with Gasteiger partial charge in [-0.15, -0.1) is 24.8 Å². The number of rotatable bonds is 5. The molecule has 0 amide bonds. The lowest BCUT2D eigenvalue weighted by molar-refractivity contribution is 0.156. The monoisotopic (exact) mass is 384 g/mol. The molecule has 1 aliphatic heterocycles. The number of hydrogen-bond donors (Lipinski definition) is 1. The molecule has 0 saturated carbocycles. The van der Waals surface area contributed by atoms with E-state index in [1.807, 2.05) is 13.0 Å². The summed E-state index contributed by atoms with van der Waals surface area (Å²) in [6, 6.07) is 3.68. The van der Waals surface area contributed by atoms with Gasteiger partial charge in [-0.1, -0.05) is 31.5 Å². The molecule has 2 rings (SSSR count). The molecule has 134 valence electrons. The van der Waals surface area contributed by atoms with Crippen molar-refractivity contribution in [3.8, 4) is 0 Å². The van der Waals surface area contributed by atoms with E-state index >= 15 is 0 Å². The molecule has 1 aromatic rings. The Kier molecular flexibility index (Phi) is 10.7. The zero-order valence-corrected chi connectivity index (χ0v) is 16.5. The minimum atomic E-state index is -0.130. The van der Waals surface area contributed by atoms with Crippen LogP contribution in [0.5, 0.6) is 0 Å². The second-order valence-corrected chi connectivity index (χ2v) is 6.77. The lowest BCUT2D eigenvalue weighted by atomic mass is 9.94. The molecule has 0 aliphatic carbocycles. The summed E-state index contributed by atoms with van der Waals surface area (Å²) in [7, 11) is 0. The molecule has 1 N–H and O–H groups in total. The third kappa shape index (κ3) is 6.06. The van der Waals surface area contributed by atoms with Crippen molar-refractivity contribution in [1.29, 1.82) is 0 Å². The molecule has 0 radical (unpaired) electrons. The van der Waals surface area contributed by atoms with Crippen LogP contribution >= 0.6 is 36.4 Å². The van der Waals surface area contributed by atoms with Gasteiger partial charge < -0.3 is 5.32 Å². The molecule has 1 fully saturated rings. The molecular formula is C17H28Cl3FN2. The first-order chi connectivity index (χ1) is 10.0. The average Bonchev–Trinajstić information content (AvgIpc) is 2.47. The molecule has 1 saturated heterocycles. The van der Waals surface area contributed by atoms with Crippen LogP contribution in [0.2, 0.25) is 5.02 Å². The summed E-state index contributed by atoms with van der Waals surface area (Å²) in [6.45, 7) is 10.1. The topological polar surface area (TPSA) is 15.3 Å². The maximum absolute atomic E-state index is 14.7. The van der Waals surface area contributed by atoms with Crippen molar-refractivity contribution < 1.29 is 4.39 Å². The third-order valence-electron chi connectivity index (χ3n) is 4.26. The van der Waals surface area contributed by atoms with Crippen LogP contribution in [0, 0.1) is 18.7 Å². The molecule has 0 spiro atoms. The highest BCUT2D eigenvalue weighted by atomic mass is 35.5. The number of hydrogen-bond acceptors (Lipinski definition) is 2. The van der Waals surface area contributed by atoms with Crippen LogP contribution in [-0.4, -0.2) is 31.1 Å². The van der Waals surface area contributed by atoms with E-state index in [1.165, 1.54) is 0 Å². The van der Waals surface area contributed by atoms with Crippen molar-refractivity contribution in [3.05, 3.63) is 34.1 Å². The number of aryl methyl sites for hydroxylation is 1. The molecule has 0 aromatic heterocycles. The van der Waals surface area contributed by atoms with Crippen molar-refractivity contribution in [2.24, 2.45) is 5.92 Å². The Morgan fingerprint density at radius 3 is 2.35 bits per heavy atom. The summed E-state index contributed by atoms with van der Waals surface area (Å²) in [4.78, 5) is 2.38. The minimum Gasteiger partial charge on any atom is -0.314 e. The Bertz CT molecular complexity index is 477. The molecule has 6 heteroatoms. The molecule has 23 heavy (non-hydrogen) atoms. The molecule has 1 aromatic carbocycles. The maximum Gasteiger partial charge on any atom is 0.132 e. The quantitative estimate of drug-likeness (QED) is 0.766. The molecule has 0 unspecified atom stereocenters. The summed E-state index contributed by atoms with van der Waals surface area (Å²) in [5, 5.41) is 3.92. The highest BCUT2D eigenvalue weighted by Crippen LogP contribution is 2.35. The van der Waals surface area contributed by atoms with Crippen LogP contribution in [-0.2, 0) is 0 Å². The molecule has 1 aliphatic rings. The van der Waals surface area contributed by atoms with Crippen LogP contribution < -0.4 is 5.32 Å². The van der Waals surface area contributed by atoms with Crippen LogP contribution in [0.1, 0.15) is 43.9 Å². The number of halogens is 4. The fraction of sp³-hybridized carbons (Fsp3) is 0.647. The summed E-state index contributed by atoms with van der Waals surface area (Å²) in [5.74, 6) is 0.483. The Hall–Kier alpha value is -0.0600. The second kappa shape index (κ2) is 10.7. The van der Waals surface area contributed by atoms with Gasteiger partial charge >= 0.3 is 0 Å². The highest BCUT2D eigenvalue weighted by Gasteiger charge is 2.27. The standard InChI is InChI=1S/C17H26ClFN2.2ClH/c1-12(2)4-7-15(21-10-8-20-9-11-21)16-14(18)6-5-13(3)17(16)19;;/h5-6,12,15,20H,4,7-11H2,1-3H3;2*1H/t15-;;/m0../s1. The molecule has 2 nitrogen and oxygen atoms in total. The van der Waals surface area contributed by atoms with Gasteiger partial charge in [-0.05, 0) is 37.3 Å². The summed E-state index contributed by atoms with van der Waals surface area (Å²) in [5.41, 5.74) is 1.37. The van der Waals surface area contributed by atoms with E-state index < -0.39 is 0 Å². The average molecular weight is 386 g/mol. The summed E-state index contributed by atoms with van der Waals surface area (Å²) >= 11 is 6.35. The van der Waals surface area contributed by atoms with Crippen molar-refractivity contribution in [1.82, 2.24) is 10.2 Å². The Morgan fingerprint density at radius 1 is 1.17 bits per heavy atom. The first-order valence-corrected chi connectivity index (χ1v) is 8.27. The Morgan fingerprint density at radius 2 is 1.78 bits per heavy atom. The van der Waals surface area contributed by atoms with Crippen LogP contribution in [0.4, 0.5) is 4.39 Å². The molecule has 0 bridgehead atoms. The maximum atomic E-state index is 14.7. The number of nitrogens with zero attached hydrogens (tertiary/aromatic N) is 1. The van der Waals surface area contributed by atoms with E-state index in [1.54, 1.807) is 6.07 Å². The van der Waals surface area contributed by atoms with E-state index in [2.05, 4.69) is 24.1 Å². The number of nitrogens with one attached hydrogen (secondary N) is 1. The van der Waals surface area contributed by atoms with E-state index in [0.29, 0.717) is 22.1 Å². The fourth-order valence-corrected chi connectivity index (χ4v) is 3.25. The highest BCUT2D eigenvalue weighted by molar-refractivity contribution is 6.31. The van der Waals surface area contributed by atoms with Gasteiger partial charge in [0.15, 0.2) is 0 Å². The van der Waals surface area contributed by atoms with E-state index in [-0.39, 0.29) is 36.7 Å². The normalized spacial score (nSPS) is 16.6. The largest absolute Gasteiger partial charge is 0.314 e. The van der Waals surface area contributed by atoms with Crippen molar-refractivity contribution in [2.75, 3.05) is 26.2 Å². The van der Waals surface area contributed by atoms with E-state index in [4.69, 9.17) is 11.6 Å². The van der Waals surface area contributed by atoms with Gasteiger partial charge in [0.25, 0.3) is 0 Å². The van der Waals surface area contributed by atoms with Crippen molar-refractivity contribution in [3.63, 3.8) is 0 Å². The van der Waals surface area contributed by atoms with Crippen LogP contribution in [0.3, 0.4) is 0 Å². The number of piperazine rings is 1. The first kappa shape index (κ1) is 22.9. The first-order valence-electron chi connectivity index (χ1n) is 7.90. The third-order valence-corrected chi connectivity index (χ3v) is 4.59. The summed E-state index contributed by atoms with van der Waals surface area (Å²) < 4.78 is 14.7. The van der Waals surface area contributed by atoms with Crippen LogP contribution in [0.15, 0.2) is 12.1 Å². The van der Waals surface area contributed by atoms with E-state index in [9.17, 15) is 4.39 Å². The lowest BCUT2D eigenvalue weighted by Gasteiger charge is -2.36. The lowest BCUT2D eigenvalue weighted by Crippen LogP contribution is -2.45. The minimum absolute atomic E-state index is 0. The summed E-state index contributed by atoms with van der Waals surface area (Å²) in [6.07, 6.45) is 2.04. The predicted molar refractivity (Wildman–Crippen MR) is 102 cm³/mol. The van der Waals surface area contributed by atoms with Gasteiger partial charge in [0.05, 0.1) is 0 Å². The van der Waals surface area contributed by atoms with Gasteiger partial charge in [0.1, 0.15) is 5.82 Å². The zero-order valence-electron chi connectivity index (χ0n) is 14.1. The van der Waals surface area contributed by atoms with Gasteiger partial charge in [0.2, 0.25) is 0 Å². The zero-order chi connectivity index (χ0) is 15.4. The SMILES string of the molecule is Cc1ccc(Cl)c([C@H](CCC(C)C)N2CCNCC2)c1F.Cl.Cl. The smallest absolute Gasteiger partial charge is 0.132 e. The van der Waals surface area contributed by atoms with Gasteiger partial charge in [0, 0.05) is 42.8 Å². The van der Waals surface area contributed by atoms with Crippen molar-refractivity contribution in [2.45, 2.75) is 39.7 Å². The van der Waals surface area contributed by atoms with Gasteiger partial charge in [-0.2, -0.15) is 0 Å². The van der Waals surface area contributed by atoms with Crippen molar-refractivity contribution >= 4 is 36.4 Å². The predicted octanol–water partition coefficient (Wildman–Crippen LogP) is 5.01. The Labute approximate surface area is 157 Å². The fourth-order valence-electron chi connectivity index (χ4n) is 2.98. The van der Waals surface area contributed by atoms with Crippen LogP contribution in [0.25, 0.3) is 0 Å². The molecular weight excluding hydrogens is 358 g/mol. The second-order valence-electron chi connectivity index (χ2n) is 6.36. The van der Waals surface area contributed by atoms with E-state index in [0.717, 1.165) is 39.0 Å². The molecule has 1 atom stereocenters. The molecule has 1 heterocycles. The Balaban J connectivity index is 0.00000242. The van der Waals surface area contributed by atoms with Gasteiger partial charge in [-0.25, -0.2) is 4.39 Å².